The Balaban J connectivity index is 2.15. The van der Waals surface area contributed by atoms with Crippen molar-refractivity contribution in [3.8, 4) is 0 Å². The molecule has 1 aliphatic rings. The SMILES string of the molecule is O=C(O)CC1CS(=O)(=O)CCN1Cc1ccc(F)c(F)c1. The highest BCUT2D eigenvalue weighted by molar-refractivity contribution is 7.91. The van der Waals surface area contributed by atoms with Crippen molar-refractivity contribution >= 4 is 15.8 Å². The Hall–Kier alpha value is -1.54. The predicted molar refractivity (Wildman–Crippen MR) is 71.5 cm³/mol. The maximum absolute atomic E-state index is 13.2. The minimum Gasteiger partial charge on any atom is -0.481 e. The maximum atomic E-state index is 13.2. The van der Waals surface area contributed by atoms with E-state index >= 15 is 0 Å². The van der Waals surface area contributed by atoms with Gasteiger partial charge in [-0.15, -0.1) is 0 Å². The van der Waals surface area contributed by atoms with Crippen molar-refractivity contribution in [3.63, 3.8) is 0 Å². The van der Waals surface area contributed by atoms with Gasteiger partial charge in [-0.25, -0.2) is 17.2 Å². The van der Waals surface area contributed by atoms with Crippen LogP contribution in [-0.4, -0.2) is 48.5 Å². The molecule has 1 aliphatic heterocycles. The van der Waals surface area contributed by atoms with E-state index in [2.05, 4.69) is 0 Å². The van der Waals surface area contributed by atoms with Crippen LogP contribution in [0.5, 0.6) is 0 Å². The smallest absolute Gasteiger partial charge is 0.304 e. The van der Waals surface area contributed by atoms with Gasteiger partial charge in [0, 0.05) is 19.1 Å². The van der Waals surface area contributed by atoms with Crippen molar-refractivity contribution in [1.82, 2.24) is 4.90 Å². The van der Waals surface area contributed by atoms with Gasteiger partial charge in [0.05, 0.1) is 17.9 Å². The third-order valence-electron chi connectivity index (χ3n) is 3.43. The molecule has 1 N–H and O–H groups in total. The highest BCUT2D eigenvalue weighted by atomic mass is 32.2. The Morgan fingerprint density at radius 1 is 1.33 bits per heavy atom. The number of hydrogen-bond acceptors (Lipinski definition) is 4. The molecule has 0 saturated carbocycles. The molecule has 8 heteroatoms. The van der Waals surface area contributed by atoms with E-state index in [1.165, 1.54) is 6.07 Å². The van der Waals surface area contributed by atoms with E-state index in [-0.39, 0.29) is 31.0 Å². The van der Waals surface area contributed by atoms with Gasteiger partial charge < -0.3 is 5.11 Å². The number of halogens is 2. The van der Waals surface area contributed by atoms with E-state index < -0.39 is 33.5 Å². The van der Waals surface area contributed by atoms with Crippen LogP contribution < -0.4 is 0 Å². The molecule has 1 fully saturated rings. The van der Waals surface area contributed by atoms with Crippen molar-refractivity contribution in [2.24, 2.45) is 0 Å². The van der Waals surface area contributed by atoms with E-state index in [9.17, 15) is 22.0 Å². The monoisotopic (exact) mass is 319 g/mol. The van der Waals surface area contributed by atoms with Crippen LogP contribution in [0.3, 0.4) is 0 Å². The number of sulfone groups is 1. The molecule has 0 aromatic heterocycles. The minimum absolute atomic E-state index is 0.0627. The van der Waals surface area contributed by atoms with Crippen molar-refractivity contribution in [2.45, 2.75) is 19.0 Å². The lowest BCUT2D eigenvalue weighted by Crippen LogP contribution is -2.48. The number of carboxylic acids is 1. The van der Waals surface area contributed by atoms with Crippen LogP contribution in [0.25, 0.3) is 0 Å². The van der Waals surface area contributed by atoms with Gasteiger partial charge in [0.25, 0.3) is 0 Å². The quantitative estimate of drug-likeness (QED) is 0.897. The fraction of sp³-hybridized carbons (Fsp3) is 0.462. The van der Waals surface area contributed by atoms with Crippen LogP contribution >= 0.6 is 0 Å². The fourth-order valence-electron chi connectivity index (χ4n) is 2.39. The molecular weight excluding hydrogens is 304 g/mol. The van der Waals surface area contributed by atoms with Crippen molar-refractivity contribution in [1.29, 1.82) is 0 Å². The lowest BCUT2D eigenvalue weighted by atomic mass is 10.1. The molecule has 1 heterocycles. The molecule has 2 rings (SSSR count). The number of rotatable bonds is 4. The first-order valence-electron chi connectivity index (χ1n) is 6.37. The van der Waals surface area contributed by atoms with Gasteiger partial charge in [0.1, 0.15) is 0 Å². The maximum Gasteiger partial charge on any atom is 0.304 e. The summed E-state index contributed by atoms with van der Waals surface area (Å²) in [4.78, 5) is 12.5. The first kappa shape index (κ1) is 15.8. The van der Waals surface area contributed by atoms with Gasteiger partial charge in [-0.3, -0.25) is 9.69 Å². The summed E-state index contributed by atoms with van der Waals surface area (Å²) in [5, 5.41) is 8.87. The fourth-order valence-corrected chi connectivity index (χ4v) is 3.99. The highest BCUT2D eigenvalue weighted by Gasteiger charge is 2.32. The van der Waals surface area contributed by atoms with E-state index in [4.69, 9.17) is 5.11 Å². The highest BCUT2D eigenvalue weighted by Crippen LogP contribution is 2.19. The van der Waals surface area contributed by atoms with Crippen LogP contribution in [0.2, 0.25) is 0 Å². The molecule has 1 unspecified atom stereocenters. The van der Waals surface area contributed by atoms with Gasteiger partial charge in [-0.05, 0) is 17.7 Å². The summed E-state index contributed by atoms with van der Waals surface area (Å²) in [6, 6.07) is 2.78. The Labute approximate surface area is 121 Å². The van der Waals surface area contributed by atoms with Crippen LogP contribution in [0.1, 0.15) is 12.0 Å². The lowest BCUT2D eigenvalue weighted by Gasteiger charge is -2.34. The number of hydrogen-bond donors (Lipinski definition) is 1. The first-order chi connectivity index (χ1) is 9.77. The molecule has 21 heavy (non-hydrogen) atoms. The molecule has 0 radical (unpaired) electrons. The van der Waals surface area contributed by atoms with Gasteiger partial charge in [-0.1, -0.05) is 6.07 Å². The van der Waals surface area contributed by atoms with Crippen LogP contribution in [0, 0.1) is 11.6 Å². The second-order valence-corrected chi connectivity index (χ2v) is 7.31. The normalized spacial score (nSPS) is 22.1. The Kier molecular flexibility index (Phi) is 4.58. The number of benzene rings is 1. The average Bonchev–Trinajstić information content (AvgIpc) is 2.36. The van der Waals surface area contributed by atoms with Crippen LogP contribution in [-0.2, 0) is 21.2 Å². The summed E-state index contributed by atoms with van der Waals surface area (Å²) >= 11 is 0. The van der Waals surface area contributed by atoms with E-state index in [1.807, 2.05) is 0 Å². The number of carboxylic acid groups (broad SMARTS) is 1. The molecule has 1 atom stereocenters. The molecular formula is C13H15F2NO4S. The molecule has 0 amide bonds. The topological polar surface area (TPSA) is 74.7 Å². The number of carbonyl (C=O) groups is 1. The number of nitrogens with zero attached hydrogens (tertiary/aromatic N) is 1. The Morgan fingerprint density at radius 2 is 2.05 bits per heavy atom. The van der Waals surface area contributed by atoms with Crippen LogP contribution in [0.4, 0.5) is 8.78 Å². The van der Waals surface area contributed by atoms with E-state index in [0.717, 1.165) is 12.1 Å². The van der Waals surface area contributed by atoms with E-state index in [1.54, 1.807) is 4.90 Å². The van der Waals surface area contributed by atoms with Gasteiger partial charge in [0.15, 0.2) is 21.5 Å². The summed E-state index contributed by atoms with van der Waals surface area (Å²) in [6.07, 6.45) is -0.303. The molecule has 116 valence electrons. The lowest BCUT2D eigenvalue weighted by molar-refractivity contribution is -0.138. The average molecular weight is 319 g/mol. The standard InChI is InChI=1S/C13H15F2NO4S/c14-11-2-1-9(5-12(11)15)7-16-3-4-21(19,20)8-10(16)6-13(17)18/h1-2,5,10H,3-4,6-8H2,(H,17,18). The minimum atomic E-state index is -3.26. The molecule has 0 spiro atoms. The molecule has 1 saturated heterocycles. The van der Waals surface area contributed by atoms with Crippen LogP contribution in [0.15, 0.2) is 18.2 Å². The summed E-state index contributed by atoms with van der Waals surface area (Å²) in [5.41, 5.74) is 0.476. The van der Waals surface area contributed by atoms with Gasteiger partial charge in [-0.2, -0.15) is 0 Å². The van der Waals surface area contributed by atoms with Crippen molar-refractivity contribution < 1.29 is 27.1 Å². The Morgan fingerprint density at radius 3 is 2.67 bits per heavy atom. The second-order valence-electron chi connectivity index (χ2n) is 5.08. The van der Waals surface area contributed by atoms with Crippen molar-refractivity contribution in [2.75, 3.05) is 18.1 Å². The summed E-state index contributed by atoms with van der Waals surface area (Å²) < 4.78 is 49.3. The third kappa shape index (κ3) is 4.21. The van der Waals surface area contributed by atoms with Gasteiger partial charge in [0.2, 0.25) is 0 Å². The molecule has 0 bridgehead atoms. The first-order valence-corrected chi connectivity index (χ1v) is 8.19. The number of aliphatic carboxylic acids is 1. The summed E-state index contributed by atoms with van der Waals surface area (Å²) in [5.74, 6) is -3.32. The third-order valence-corrected chi connectivity index (χ3v) is 5.13. The largest absolute Gasteiger partial charge is 0.481 e. The molecule has 0 aliphatic carbocycles. The zero-order chi connectivity index (χ0) is 15.6. The summed E-state index contributed by atoms with van der Waals surface area (Å²) in [7, 11) is -3.26. The zero-order valence-corrected chi connectivity index (χ0v) is 11.9. The van der Waals surface area contributed by atoms with Gasteiger partial charge >= 0.3 is 5.97 Å². The van der Waals surface area contributed by atoms with Crippen molar-refractivity contribution in [3.05, 3.63) is 35.4 Å². The zero-order valence-electron chi connectivity index (χ0n) is 11.1. The second kappa shape index (κ2) is 6.07. The predicted octanol–water partition coefficient (Wildman–Crippen LogP) is 1.04. The molecule has 5 nitrogen and oxygen atoms in total. The Bertz CT molecular complexity index is 648. The molecule has 1 aromatic rings. The summed E-state index contributed by atoms with van der Waals surface area (Å²) in [6.45, 7) is 0.365. The molecule has 1 aromatic carbocycles. The van der Waals surface area contributed by atoms with E-state index in [0.29, 0.717) is 5.56 Å².